The van der Waals surface area contributed by atoms with Crippen LogP contribution in [0.1, 0.15) is 11.3 Å². The molecule has 24 heavy (non-hydrogen) atoms. The number of hydrogen-bond acceptors (Lipinski definition) is 6. The lowest BCUT2D eigenvalue weighted by Gasteiger charge is -2.07. The molecule has 0 atom stereocenters. The average molecular weight is 347 g/mol. The Morgan fingerprint density at radius 1 is 1.17 bits per heavy atom. The van der Waals surface area contributed by atoms with Gasteiger partial charge >= 0.3 is 0 Å². The van der Waals surface area contributed by atoms with E-state index in [1.54, 1.807) is 6.07 Å². The van der Waals surface area contributed by atoms with Crippen molar-refractivity contribution >= 4 is 10.0 Å². The Morgan fingerprint density at radius 2 is 1.92 bits per heavy atom. The summed E-state index contributed by atoms with van der Waals surface area (Å²) >= 11 is 0. The van der Waals surface area contributed by atoms with Gasteiger partial charge in [0.15, 0.2) is 0 Å². The highest BCUT2D eigenvalue weighted by atomic mass is 32.2. The molecule has 3 aromatic rings. The van der Waals surface area contributed by atoms with Gasteiger partial charge in [-0.25, -0.2) is 12.7 Å². The number of nitrogens with zero attached hydrogens (tertiary/aromatic N) is 5. The Kier molecular flexibility index (Phi) is 4.20. The van der Waals surface area contributed by atoms with Crippen molar-refractivity contribution in [3.63, 3.8) is 0 Å². The average Bonchev–Trinajstić information content (AvgIpc) is 3.18. The fourth-order valence-corrected chi connectivity index (χ4v) is 2.96. The minimum atomic E-state index is -3.59. The quantitative estimate of drug-likeness (QED) is 0.695. The molecule has 0 fully saturated rings. The van der Waals surface area contributed by atoms with E-state index in [-0.39, 0.29) is 11.6 Å². The monoisotopic (exact) mass is 347 g/mol. The van der Waals surface area contributed by atoms with Crippen LogP contribution in [0.3, 0.4) is 0 Å². The summed E-state index contributed by atoms with van der Waals surface area (Å²) in [7, 11) is -0.692. The zero-order valence-electron chi connectivity index (χ0n) is 13.5. The van der Waals surface area contributed by atoms with E-state index in [9.17, 15) is 8.42 Å². The summed E-state index contributed by atoms with van der Waals surface area (Å²) < 4.78 is 30.5. The molecule has 0 saturated carbocycles. The van der Waals surface area contributed by atoms with Crippen LogP contribution >= 0.6 is 0 Å². The lowest BCUT2D eigenvalue weighted by atomic mass is 10.1. The highest BCUT2D eigenvalue weighted by Crippen LogP contribution is 2.19. The number of sulfonamides is 1. The Morgan fingerprint density at radius 3 is 2.62 bits per heavy atom. The van der Waals surface area contributed by atoms with Gasteiger partial charge in [-0.3, -0.25) is 0 Å². The largest absolute Gasteiger partial charge is 0.446 e. The fraction of sp³-hybridized carbons (Fsp3) is 0.267. The van der Waals surface area contributed by atoms with Crippen LogP contribution in [-0.4, -0.2) is 47.0 Å². The molecule has 1 aromatic carbocycles. The van der Waals surface area contributed by atoms with Crippen LogP contribution in [0.5, 0.6) is 0 Å². The summed E-state index contributed by atoms with van der Waals surface area (Å²) in [5, 5.41) is 12.2. The van der Waals surface area contributed by atoms with E-state index >= 15 is 0 Å². The molecule has 0 spiro atoms. The molecule has 0 aliphatic heterocycles. The van der Waals surface area contributed by atoms with Crippen LogP contribution in [0.25, 0.3) is 11.4 Å². The second-order valence-corrected chi connectivity index (χ2v) is 7.55. The number of aryl methyl sites for hydroxylation is 1. The molecule has 9 heteroatoms. The molecular formula is C15H17N5O3S. The van der Waals surface area contributed by atoms with Crippen molar-refractivity contribution < 1.29 is 12.8 Å². The van der Waals surface area contributed by atoms with Gasteiger partial charge in [0, 0.05) is 19.7 Å². The molecule has 126 valence electrons. The molecule has 3 rings (SSSR count). The molecule has 2 heterocycles. The van der Waals surface area contributed by atoms with Crippen molar-refractivity contribution in [3.05, 3.63) is 47.7 Å². The van der Waals surface area contributed by atoms with Crippen molar-refractivity contribution in [3.8, 4) is 11.4 Å². The van der Waals surface area contributed by atoms with Gasteiger partial charge in [-0.1, -0.05) is 24.3 Å². The zero-order chi connectivity index (χ0) is 17.3. The highest BCUT2D eigenvalue weighted by molar-refractivity contribution is 7.88. The SMILES string of the molecule is Cc1ccccc1-c1nnn(Cc2ccc(S(=O)(=O)N(C)C)o2)n1. The predicted octanol–water partition coefficient (Wildman–Crippen LogP) is 1.54. The first kappa shape index (κ1) is 16.3. The van der Waals surface area contributed by atoms with Gasteiger partial charge in [0.2, 0.25) is 10.9 Å². The Hall–Kier alpha value is -2.52. The molecule has 2 aromatic heterocycles. The summed E-state index contributed by atoms with van der Waals surface area (Å²) in [6.07, 6.45) is 0. The van der Waals surface area contributed by atoms with E-state index in [1.807, 2.05) is 31.2 Å². The van der Waals surface area contributed by atoms with E-state index < -0.39 is 10.0 Å². The Labute approximate surface area is 139 Å². The van der Waals surface area contributed by atoms with Gasteiger partial charge < -0.3 is 4.42 Å². The minimum absolute atomic E-state index is 0.109. The molecule has 0 saturated heterocycles. The maximum Gasteiger partial charge on any atom is 0.275 e. The summed E-state index contributed by atoms with van der Waals surface area (Å²) in [6, 6.07) is 10.8. The second-order valence-electron chi connectivity index (χ2n) is 5.47. The summed E-state index contributed by atoms with van der Waals surface area (Å²) in [5.41, 5.74) is 1.95. The lowest BCUT2D eigenvalue weighted by molar-refractivity contribution is 0.378. The molecule has 8 nitrogen and oxygen atoms in total. The first-order valence-electron chi connectivity index (χ1n) is 7.23. The van der Waals surface area contributed by atoms with Crippen LogP contribution in [0.15, 0.2) is 45.9 Å². The number of hydrogen-bond donors (Lipinski definition) is 0. The molecule has 0 radical (unpaired) electrons. The van der Waals surface area contributed by atoms with Crippen LogP contribution in [0.4, 0.5) is 0 Å². The van der Waals surface area contributed by atoms with Crippen molar-refractivity contribution in [2.75, 3.05) is 14.1 Å². The van der Waals surface area contributed by atoms with Crippen LogP contribution in [-0.2, 0) is 16.6 Å². The van der Waals surface area contributed by atoms with Crippen LogP contribution in [0.2, 0.25) is 0 Å². The van der Waals surface area contributed by atoms with Gasteiger partial charge in [-0.15, -0.1) is 10.2 Å². The van der Waals surface area contributed by atoms with E-state index in [0.717, 1.165) is 15.4 Å². The topological polar surface area (TPSA) is 94.1 Å². The molecule has 0 unspecified atom stereocenters. The van der Waals surface area contributed by atoms with Gasteiger partial charge in [0.05, 0.1) is 0 Å². The van der Waals surface area contributed by atoms with Crippen LogP contribution in [0, 0.1) is 6.92 Å². The highest BCUT2D eigenvalue weighted by Gasteiger charge is 2.21. The molecule has 0 N–H and O–H groups in total. The first-order chi connectivity index (χ1) is 11.4. The normalized spacial score (nSPS) is 12.0. The number of tetrazole rings is 1. The number of rotatable bonds is 5. The standard InChI is InChI=1S/C15H17N5O3S/c1-11-6-4-5-7-13(11)15-16-18-20(17-15)10-12-8-9-14(23-12)24(21,22)19(2)3/h4-9H,10H2,1-3H3. The van der Waals surface area contributed by atoms with E-state index in [0.29, 0.717) is 11.6 Å². The summed E-state index contributed by atoms with van der Waals surface area (Å²) in [4.78, 5) is 1.37. The lowest BCUT2D eigenvalue weighted by Crippen LogP contribution is -2.21. The molecule has 0 amide bonds. The second kappa shape index (κ2) is 6.17. The Bertz CT molecular complexity index is 959. The zero-order valence-corrected chi connectivity index (χ0v) is 14.4. The summed E-state index contributed by atoms with van der Waals surface area (Å²) in [6.45, 7) is 2.17. The molecule has 0 bridgehead atoms. The third-order valence-corrected chi connectivity index (χ3v) is 5.20. The van der Waals surface area contributed by atoms with E-state index in [4.69, 9.17) is 4.42 Å². The minimum Gasteiger partial charge on any atom is -0.446 e. The third-order valence-electron chi connectivity index (χ3n) is 3.51. The van der Waals surface area contributed by atoms with Crippen molar-refractivity contribution in [2.45, 2.75) is 18.6 Å². The predicted molar refractivity (Wildman–Crippen MR) is 86.7 cm³/mol. The molecule has 0 aliphatic rings. The fourth-order valence-electron chi connectivity index (χ4n) is 2.14. The third kappa shape index (κ3) is 3.08. The van der Waals surface area contributed by atoms with Crippen LogP contribution < -0.4 is 0 Å². The Balaban J connectivity index is 1.81. The van der Waals surface area contributed by atoms with E-state index in [2.05, 4.69) is 15.4 Å². The first-order valence-corrected chi connectivity index (χ1v) is 8.67. The van der Waals surface area contributed by atoms with Crippen molar-refractivity contribution in [1.29, 1.82) is 0 Å². The van der Waals surface area contributed by atoms with Crippen molar-refractivity contribution in [2.24, 2.45) is 0 Å². The maximum atomic E-state index is 12.0. The van der Waals surface area contributed by atoms with E-state index in [1.165, 1.54) is 25.0 Å². The molecular weight excluding hydrogens is 330 g/mol. The smallest absolute Gasteiger partial charge is 0.275 e. The van der Waals surface area contributed by atoms with Gasteiger partial charge in [0.1, 0.15) is 12.3 Å². The summed E-state index contributed by atoms with van der Waals surface area (Å²) in [5.74, 6) is 0.949. The number of furan rings is 1. The molecule has 0 aliphatic carbocycles. The maximum absolute atomic E-state index is 12.0. The number of benzene rings is 1. The number of aromatic nitrogens is 4. The van der Waals surface area contributed by atoms with Gasteiger partial charge in [0.25, 0.3) is 10.0 Å². The van der Waals surface area contributed by atoms with Gasteiger partial charge in [-0.2, -0.15) is 4.80 Å². The van der Waals surface area contributed by atoms with Crippen molar-refractivity contribution in [1.82, 2.24) is 24.5 Å². The van der Waals surface area contributed by atoms with Gasteiger partial charge in [-0.05, 0) is 29.8 Å².